The second-order valence-electron chi connectivity index (χ2n) is 9.64. The van der Waals surface area contributed by atoms with Gasteiger partial charge in [-0.2, -0.15) is 5.26 Å². The minimum atomic E-state index is -0.0974. The fraction of sp³-hybridized carbons (Fsp3) is 0.0909. The van der Waals surface area contributed by atoms with Crippen LogP contribution in [0.2, 0.25) is 0 Å². The van der Waals surface area contributed by atoms with Crippen LogP contribution in [-0.2, 0) is 5.41 Å². The molecule has 0 amide bonds. The summed E-state index contributed by atoms with van der Waals surface area (Å²) < 4.78 is 0. The molecule has 3 heteroatoms. The second-order valence-corrected chi connectivity index (χ2v) is 9.64. The summed E-state index contributed by atoms with van der Waals surface area (Å²) in [7, 11) is 0. The molecule has 6 rings (SSSR count). The Balaban J connectivity index is 1.53. The fourth-order valence-electron chi connectivity index (χ4n) is 5.32. The summed E-state index contributed by atoms with van der Waals surface area (Å²) in [6, 6.07) is 40.4. The molecule has 0 saturated carbocycles. The van der Waals surface area contributed by atoms with Crippen molar-refractivity contribution in [3.8, 4) is 28.5 Å². The molecule has 0 radical (unpaired) electrons. The first kappa shape index (κ1) is 21.8. The Morgan fingerprint density at radius 2 is 1.28 bits per heavy atom. The molecule has 2 heterocycles. The molecule has 0 bridgehead atoms. The number of nitrogens with zero attached hydrogens (tertiary/aromatic N) is 3. The summed E-state index contributed by atoms with van der Waals surface area (Å²) >= 11 is 0. The summed E-state index contributed by atoms with van der Waals surface area (Å²) in [5, 5.41) is 9.12. The van der Waals surface area contributed by atoms with E-state index in [4.69, 9.17) is 5.26 Å². The second kappa shape index (κ2) is 8.52. The molecule has 0 aliphatic carbocycles. The van der Waals surface area contributed by atoms with Crippen molar-refractivity contribution in [1.29, 1.82) is 5.26 Å². The van der Waals surface area contributed by atoms with Crippen molar-refractivity contribution in [2.24, 2.45) is 0 Å². The Morgan fingerprint density at radius 1 is 0.667 bits per heavy atom. The van der Waals surface area contributed by atoms with Crippen LogP contribution in [0.3, 0.4) is 0 Å². The molecule has 36 heavy (non-hydrogen) atoms. The van der Waals surface area contributed by atoms with Gasteiger partial charge in [-0.1, -0.05) is 86.6 Å². The summed E-state index contributed by atoms with van der Waals surface area (Å²) in [4.78, 5) is 6.91. The van der Waals surface area contributed by atoms with Crippen LogP contribution >= 0.6 is 0 Å². The van der Waals surface area contributed by atoms with Crippen molar-refractivity contribution < 1.29 is 0 Å². The maximum absolute atomic E-state index is 9.12. The smallest absolute Gasteiger partial charge is 0.101 e. The van der Waals surface area contributed by atoms with Crippen molar-refractivity contribution in [2.75, 3.05) is 4.90 Å². The minimum Gasteiger partial charge on any atom is -0.309 e. The van der Waals surface area contributed by atoms with Gasteiger partial charge in [-0.05, 0) is 53.1 Å². The lowest BCUT2D eigenvalue weighted by Crippen LogP contribution is -2.30. The van der Waals surface area contributed by atoms with Crippen LogP contribution in [0.4, 0.5) is 17.1 Å². The van der Waals surface area contributed by atoms with Crippen molar-refractivity contribution in [1.82, 2.24) is 4.98 Å². The molecule has 5 aromatic rings. The highest BCUT2D eigenvalue weighted by atomic mass is 15.2. The zero-order chi connectivity index (χ0) is 24.7. The number of para-hydroxylation sites is 3. The van der Waals surface area contributed by atoms with Gasteiger partial charge in [0.2, 0.25) is 0 Å². The molecule has 172 valence electrons. The predicted octanol–water partition coefficient (Wildman–Crippen LogP) is 8.40. The fourth-order valence-corrected chi connectivity index (χ4v) is 5.32. The van der Waals surface area contributed by atoms with Crippen LogP contribution < -0.4 is 4.90 Å². The number of aromatic nitrogens is 1. The van der Waals surface area contributed by atoms with E-state index in [1.165, 1.54) is 22.5 Å². The highest BCUT2D eigenvalue weighted by Gasteiger charge is 2.36. The lowest BCUT2D eigenvalue weighted by Gasteiger charge is -2.42. The number of hydrogen-bond acceptors (Lipinski definition) is 3. The van der Waals surface area contributed by atoms with Gasteiger partial charge in [0.1, 0.15) is 6.07 Å². The zero-order valence-electron chi connectivity index (χ0n) is 20.3. The molecule has 3 nitrogen and oxygen atoms in total. The number of hydrogen-bond donors (Lipinski definition) is 0. The van der Waals surface area contributed by atoms with Gasteiger partial charge in [0.25, 0.3) is 0 Å². The van der Waals surface area contributed by atoms with Crippen LogP contribution in [0.5, 0.6) is 0 Å². The van der Waals surface area contributed by atoms with Gasteiger partial charge in [-0.15, -0.1) is 0 Å². The van der Waals surface area contributed by atoms with Crippen molar-refractivity contribution in [3.05, 3.63) is 132 Å². The van der Waals surface area contributed by atoms with E-state index in [9.17, 15) is 0 Å². The van der Waals surface area contributed by atoms with E-state index in [2.05, 4.69) is 127 Å². The van der Waals surface area contributed by atoms with E-state index in [1.807, 2.05) is 12.1 Å². The van der Waals surface area contributed by atoms with Gasteiger partial charge in [0, 0.05) is 22.7 Å². The predicted molar refractivity (Wildman–Crippen MR) is 147 cm³/mol. The highest BCUT2D eigenvalue weighted by Crippen LogP contribution is 2.53. The summed E-state index contributed by atoms with van der Waals surface area (Å²) in [5.74, 6) is 0. The molecule has 0 saturated heterocycles. The molecule has 0 unspecified atom stereocenters. The summed E-state index contributed by atoms with van der Waals surface area (Å²) in [6.45, 7) is 4.62. The van der Waals surface area contributed by atoms with E-state index in [-0.39, 0.29) is 5.41 Å². The van der Waals surface area contributed by atoms with Crippen LogP contribution in [0.1, 0.15) is 30.5 Å². The number of anilines is 3. The third kappa shape index (κ3) is 3.47. The molecule has 4 aromatic carbocycles. The molecule has 0 spiro atoms. The van der Waals surface area contributed by atoms with Crippen LogP contribution in [0.25, 0.3) is 22.4 Å². The number of fused-ring (bicyclic) bond motifs is 2. The Bertz CT molecular complexity index is 1570. The van der Waals surface area contributed by atoms with E-state index in [0.29, 0.717) is 5.56 Å². The average Bonchev–Trinajstić information content (AvgIpc) is 2.94. The average molecular weight is 464 g/mol. The standard InChI is InChI=1S/C33H25N3/c1-33(2)27-13-4-7-16-31(27)36(32-17-8-5-14-28(32)33)30-15-6-3-12-26(30)24-10-9-11-25(20-24)29-19-18-23(21-34)22-35-29/h3-20,22H,1-2H3. The number of benzene rings is 4. The Kier molecular flexibility index (Phi) is 5.16. The van der Waals surface area contributed by atoms with E-state index < -0.39 is 0 Å². The molecule has 0 atom stereocenters. The minimum absolute atomic E-state index is 0.0974. The van der Waals surface area contributed by atoms with E-state index >= 15 is 0 Å². The van der Waals surface area contributed by atoms with Gasteiger partial charge in [-0.25, -0.2) is 0 Å². The number of pyridine rings is 1. The quantitative estimate of drug-likeness (QED) is 0.270. The third-order valence-corrected chi connectivity index (χ3v) is 7.14. The van der Waals surface area contributed by atoms with Gasteiger partial charge in [0.15, 0.2) is 0 Å². The highest BCUT2D eigenvalue weighted by molar-refractivity contribution is 5.93. The molecule has 1 aliphatic heterocycles. The van der Waals surface area contributed by atoms with Crippen LogP contribution in [0.15, 0.2) is 115 Å². The Hall–Kier alpha value is -4.68. The molecule has 1 aliphatic rings. The van der Waals surface area contributed by atoms with E-state index in [0.717, 1.165) is 28.1 Å². The Morgan fingerprint density at radius 3 is 1.92 bits per heavy atom. The van der Waals surface area contributed by atoms with Crippen molar-refractivity contribution >= 4 is 17.1 Å². The summed E-state index contributed by atoms with van der Waals surface area (Å²) in [6.07, 6.45) is 1.62. The first-order chi connectivity index (χ1) is 17.6. The zero-order valence-corrected chi connectivity index (χ0v) is 20.3. The maximum Gasteiger partial charge on any atom is 0.101 e. The van der Waals surface area contributed by atoms with Crippen LogP contribution in [-0.4, -0.2) is 4.98 Å². The maximum atomic E-state index is 9.12. The first-order valence-electron chi connectivity index (χ1n) is 12.1. The van der Waals surface area contributed by atoms with Crippen molar-refractivity contribution in [3.63, 3.8) is 0 Å². The Labute approximate surface area is 211 Å². The lowest BCUT2D eigenvalue weighted by molar-refractivity contribution is 0.632. The first-order valence-corrected chi connectivity index (χ1v) is 12.1. The van der Waals surface area contributed by atoms with Crippen LogP contribution in [0, 0.1) is 11.3 Å². The summed E-state index contributed by atoms with van der Waals surface area (Å²) in [5.41, 5.74) is 10.8. The van der Waals surface area contributed by atoms with Gasteiger partial charge < -0.3 is 4.90 Å². The third-order valence-electron chi connectivity index (χ3n) is 7.14. The van der Waals surface area contributed by atoms with E-state index in [1.54, 1.807) is 6.20 Å². The van der Waals surface area contributed by atoms with Gasteiger partial charge >= 0.3 is 0 Å². The largest absolute Gasteiger partial charge is 0.309 e. The molecular formula is C33H25N3. The number of rotatable bonds is 3. The normalized spacial score (nSPS) is 13.4. The molecule has 0 N–H and O–H groups in total. The molecule has 1 aromatic heterocycles. The number of nitriles is 1. The monoisotopic (exact) mass is 463 g/mol. The van der Waals surface area contributed by atoms with Gasteiger partial charge in [-0.3, -0.25) is 4.98 Å². The van der Waals surface area contributed by atoms with Crippen molar-refractivity contribution in [2.45, 2.75) is 19.3 Å². The SMILES string of the molecule is CC1(C)c2ccccc2N(c2ccccc2-c2cccc(-c3ccc(C#N)cn3)c2)c2ccccc21. The topological polar surface area (TPSA) is 39.9 Å². The molecule has 0 fully saturated rings. The van der Waals surface area contributed by atoms with Gasteiger partial charge in [0.05, 0.1) is 28.3 Å². The lowest BCUT2D eigenvalue weighted by atomic mass is 9.73. The molecular weight excluding hydrogens is 438 g/mol.